The van der Waals surface area contributed by atoms with E-state index in [1.807, 2.05) is 32.9 Å². The van der Waals surface area contributed by atoms with Crippen molar-refractivity contribution in [3.05, 3.63) is 27.7 Å². The Bertz CT molecular complexity index is 511. The van der Waals surface area contributed by atoms with E-state index in [2.05, 4.69) is 40.0 Å². The number of likely N-dealkylation sites (tertiary alicyclic amines) is 1. The summed E-state index contributed by atoms with van der Waals surface area (Å²) >= 11 is 3.49. The maximum absolute atomic E-state index is 12.6. The molecular formula is C17H25BrN2O. The second-order valence-electron chi connectivity index (χ2n) is 6.30. The Balaban J connectivity index is 2.15. The van der Waals surface area contributed by atoms with Crippen LogP contribution < -0.4 is 5.32 Å². The van der Waals surface area contributed by atoms with Crippen molar-refractivity contribution in [1.82, 2.24) is 4.90 Å². The molecule has 4 heteroatoms. The van der Waals surface area contributed by atoms with E-state index in [0.29, 0.717) is 12.1 Å². The highest BCUT2D eigenvalue weighted by Gasteiger charge is 2.34. The Morgan fingerprint density at radius 1 is 1.24 bits per heavy atom. The average Bonchev–Trinajstić information content (AvgIpc) is 2.72. The third-order valence-corrected chi connectivity index (χ3v) is 5.05. The first-order valence-electron chi connectivity index (χ1n) is 7.66. The van der Waals surface area contributed by atoms with Crippen molar-refractivity contribution >= 4 is 27.5 Å². The van der Waals surface area contributed by atoms with Crippen LogP contribution in [0.1, 0.15) is 44.7 Å². The maximum atomic E-state index is 12.6. The van der Waals surface area contributed by atoms with Crippen molar-refractivity contribution in [3.63, 3.8) is 0 Å². The van der Waals surface area contributed by atoms with E-state index in [4.69, 9.17) is 0 Å². The summed E-state index contributed by atoms with van der Waals surface area (Å²) in [6.07, 6.45) is 2.35. The van der Waals surface area contributed by atoms with Gasteiger partial charge in [0.1, 0.15) is 0 Å². The van der Waals surface area contributed by atoms with Gasteiger partial charge in [0.05, 0.1) is 6.04 Å². The van der Waals surface area contributed by atoms with Crippen LogP contribution in [-0.2, 0) is 4.79 Å². The number of anilines is 1. The van der Waals surface area contributed by atoms with E-state index in [0.717, 1.165) is 21.3 Å². The Hall–Kier alpha value is -0.870. The molecule has 0 aliphatic carbocycles. The molecule has 1 fully saturated rings. The Morgan fingerprint density at radius 2 is 1.71 bits per heavy atom. The molecule has 0 aromatic heterocycles. The molecule has 1 aliphatic rings. The maximum Gasteiger partial charge on any atom is 0.241 e. The lowest BCUT2D eigenvalue weighted by Gasteiger charge is -2.31. The van der Waals surface area contributed by atoms with Crippen LogP contribution in [0.5, 0.6) is 0 Å². The van der Waals surface area contributed by atoms with E-state index >= 15 is 0 Å². The van der Waals surface area contributed by atoms with Gasteiger partial charge in [0.2, 0.25) is 5.91 Å². The van der Waals surface area contributed by atoms with Crippen LogP contribution in [0.4, 0.5) is 5.69 Å². The van der Waals surface area contributed by atoms with E-state index < -0.39 is 0 Å². The van der Waals surface area contributed by atoms with Crippen molar-refractivity contribution in [2.75, 3.05) is 5.32 Å². The van der Waals surface area contributed by atoms with Gasteiger partial charge in [0.25, 0.3) is 0 Å². The van der Waals surface area contributed by atoms with Crippen LogP contribution >= 0.6 is 15.9 Å². The molecule has 1 aromatic carbocycles. The van der Waals surface area contributed by atoms with Gasteiger partial charge in [-0.1, -0.05) is 15.9 Å². The number of aryl methyl sites for hydroxylation is 2. The number of nitrogens with zero attached hydrogens (tertiary/aromatic N) is 1. The van der Waals surface area contributed by atoms with Crippen LogP contribution in [-0.4, -0.2) is 28.9 Å². The zero-order valence-electron chi connectivity index (χ0n) is 13.5. The average molecular weight is 353 g/mol. The summed E-state index contributed by atoms with van der Waals surface area (Å²) in [5.74, 6) is 0.0872. The molecular weight excluding hydrogens is 328 g/mol. The third-order valence-electron chi connectivity index (χ3n) is 4.59. The fourth-order valence-electron chi connectivity index (χ4n) is 3.45. The smallest absolute Gasteiger partial charge is 0.241 e. The van der Waals surface area contributed by atoms with Gasteiger partial charge in [-0.25, -0.2) is 0 Å². The molecule has 21 heavy (non-hydrogen) atoms. The van der Waals surface area contributed by atoms with Crippen molar-refractivity contribution in [3.8, 4) is 0 Å². The highest BCUT2D eigenvalue weighted by atomic mass is 79.9. The summed E-state index contributed by atoms with van der Waals surface area (Å²) in [6, 6.07) is 4.93. The Kier molecular flexibility index (Phi) is 5.10. The molecule has 0 bridgehead atoms. The van der Waals surface area contributed by atoms with Gasteiger partial charge in [0.15, 0.2) is 0 Å². The number of benzene rings is 1. The second kappa shape index (κ2) is 6.49. The normalized spacial score (nSPS) is 24.1. The van der Waals surface area contributed by atoms with Crippen LogP contribution in [0.3, 0.4) is 0 Å². The SMILES string of the molecule is Cc1cc(Br)cc(C)c1NC(=O)C(C)N1C(C)CCC1C. The van der Waals surface area contributed by atoms with Gasteiger partial charge in [-0.3, -0.25) is 9.69 Å². The molecule has 2 rings (SSSR count). The summed E-state index contributed by atoms with van der Waals surface area (Å²) in [5.41, 5.74) is 3.12. The first-order valence-corrected chi connectivity index (χ1v) is 8.45. The number of nitrogens with one attached hydrogen (secondary N) is 1. The van der Waals surface area contributed by atoms with Gasteiger partial charge >= 0.3 is 0 Å². The number of amides is 1. The minimum Gasteiger partial charge on any atom is -0.324 e. The van der Waals surface area contributed by atoms with E-state index in [9.17, 15) is 4.79 Å². The summed E-state index contributed by atoms with van der Waals surface area (Å²) in [7, 11) is 0. The molecule has 3 atom stereocenters. The Morgan fingerprint density at radius 3 is 2.19 bits per heavy atom. The Labute approximate surface area is 136 Å². The van der Waals surface area contributed by atoms with Crippen LogP contribution in [0.2, 0.25) is 0 Å². The summed E-state index contributed by atoms with van der Waals surface area (Å²) in [6.45, 7) is 10.5. The minimum absolute atomic E-state index is 0.0872. The summed E-state index contributed by atoms with van der Waals surface area (Å²) in [4.78, 5) is 14.9. The quantitative estimate of drug-likeness (QED) is 0.880. The molecule has 1 aromatic rings. The minimum atomic E-state index is -0.0973. The van der Waals surface area contributed by atoms with Crippen LogP contribution in [0.25, 0.3) is 0 Å². The molecule has 1 amide bonds. The number of hydrogen-bond acceptors (Lipinski definition) is 2. The molecule has 1 aliphatic heterocycles. The summed E-state index contributed by atoms with van der Waals surface area (Å²) < 4.78 is 1.05. The number of hydrogen-bond donors (Lipinski definition) is 1. The molecule has 1 saturated heterocycles. The second-order valence-corrected chi connectivity index (χ2v) is 7.22. The standard InChI is InChI=1S/C17H25BrN2O/c1-10-8-15(18)9-11(2)16(10)19-17(21)14(5)20-12(3)6-7-13(20)4/h8-9,12-14H,6-7H2,1-5H3,(H,19,21). The zero-order chi connectivity index (χ0) is 15.7. The van der Waals surface area contributed by atoms with Gasteiger partial charge in [-0.15, -0.1) is 0 Å². The highest BCUT2D eigenvalue weighted by Crippen LogP contribution is 2.28. The highest BCUT2D eigenvalue weighted by molar-refractivity contribution is 9.10. The molecule has 1 N–H and O–H groups in total. The van der Waals surface area contributed by atoms with Gasteiger partial charge in [-0.05, 0) is 70.7 Å². The number of carbonyl (C=O) groups excluding carboxylic acids is 1. The lowest BCUT2D eigenvalue weighted by molar-refractivity contribution is -0.121. The van der Waals surface area contributed by atoms with Gasteiger partial charge < -0.3 is 5.32 Å². The predicted molar refractivity (Wildman–Crippen MR) is 91.7 cm³/mol. The molecule has 1 heterocycles. The molecule has 3 unspecified atom stereocenters. The number of rotatable bonds is 3. The van der Waals surface area contributed by atoms with Crippen LogP contribution in [0.15, 0.2) is 16.6 Å². The van der Waals surface area contributed by atoms with Gasteiger partial charge in [-0.2, -0.15) is 0 Å². The fraction of sp³-hybridized carbons (Fsp3) is 0.588. The molecule has 0 spiro atoms. The van der Waals surface area contributed by atoms with Crippen molar-refractivity contribution in [1.29, 1.82) is 0 Å². The lowest BCUT2D eigenvalue weighted by atomic mass is 10.1. The molecule has 0 saturated carbocycles. The van der Waals surface area contributed by atoms with Crippen molar-refractivity contribution in [2.45, 2.75) is 65.6 Å². The van der Waals surface area contributed by atoms with E-state index in [1.165, 1.54) is 12.8 Å². The topological polar surface area (TPSA) is 32.3 Å². The molecule has 116 valence electrons. The largest absolute Gasteiger partial charge is 0.324 e. The van der Waals surface area contributed by atoms with Gasteiger partial charge in [0, 0.05) is 22.2 Å². The zero-order valence-corrected chi connectivity index (χ0v) is 15.1. The first kappa shape index (κ1) is 16.5. The summed E-state index contributed by atoms with van der Waals surface area (Å²) in [5, 5.41) is 3.12. The monoisotopic (exact) mass is 352 g/mol. The van der Waals surface area contributed by atoms with Crippen molar-refractivity contribution < 1.29 is 4.79 Å². The predicted octanol–water partition coefficient (Wildman–Crippen LogP) is 4.27. The van der Waals surface area contributed by atoms with E-state index in [-0.39, 0.29) is 11.9 Å². The first-order chi connectivity index (χ1) is 9.81. The van der Waals surface area contributed by atoms with Crippen LogP contribution in [0, 0.1) is 13.8 Å². The number of carbonyl (C=O) groups is 1. The lowest BCUT2D eigenvalue weighted by Crippen LogP contribution is -2.47. The fourth-order valence-corrected chi connectivity index (χ4v) is 4.14. The van der Waals surface area contributed by atoms with E-state index in [1.54, 1.807) is 0 Å². The molecule has 0 radical (unpaired) electrons. The van der Waals surface area contributed by atoms with Crippen molar-refractivity contribution in [2.24, 2.45) is 0 Å². The third kappa shape index (κ3) is 3.49. The molecule has 3 nitrogen and oxygen atoms in total. The number of halogens is 1.